The Bertz CT molecular complexity index is 478. The number of hydrogen-bond donors (Lipinski definition) is 1. The van der Waals surface area contributed by atoms with Gasteiger partial charge >= 0.3 is 0 Å². The second-order valence-corrected chi connectivity index (χ2v) is 3.95. The Morgan fingerprint density at radius 2 is 2.29 bits per heavy atom. The first-order valence-electron chi connectivity index (χ1n) is 5.58. The Balaban J connectivity index is 1.74. The Labute approximate surface area is 97.6 Å². The maximum absolute atomic E-state index is 11.8. The highest BCUT2D eigenvalue weighted by Crippen LogP contribution is 2.28. The van der Waals surface area contributed by atoms with E-state index in [1.165, 1.54) is 6.26 Å². The van der Waals surface area contributed by atoms with Crippen LogP contribution >= 0.6 is 0 Å². The number of nitrogens with zero attached hydrogens (tertiary/aromatic N) is 1. The lowest BCUT2D eigenvalue weighted by molar-refractivity contribution is -0.117. The van der Waals surface area contributed by atoms with E-state index in [1.807, 2.05) is 0 Å². The van der Waals surface area contributed by atoms with Gasteiger partial charge in [-0.25, -0.2) is 0 Å². The molecule has 0 unspecified atom stereocenters. The molecule has 2 aliphatic rings. The summed E-state index contributed by atoms with van der Waals surface area (Å²) in [5, 5.41) is 6.56. The average molecular weight is 236 g/mol. The predicted octanol–water partition coefficient (Wildman–Crippen LogP) is 0.990. The van der Waals surface area contributed by atoms with Crippen LogP contribution in [0.5, 0.6) is 0 Å². The van der Waals surface area contributed by atoms with Gasteiger partial charge < -0.3 is 14.0 Å². The number of carbonyl (C=O) groups excluding carboxylic acids is 1. The summed E-state index contributed by atoms with van der Waals surface area (Å²) in [6, 6.07) is 0. The minimum Gasteiger partial charge on any atom is -0.494 e. The number of anilines is 1. The van der Waals surface area contributed by atoms with Crippen molar-refractivity contribution in [2.24, 2.45) is 0 Å². The van der Waals surface area contributed by atoms with E-state index in [0.29, 0.717) is 19.1 Å². The van der Waals surface area contributed by atoms with Crippen LogP contribution in [-0.4, -0.2) is 24.3 Å². The lowest BCUT2D eigenvalue weighted by Gasteiger charge is -2.14. The molecule has 1 aliphatic carbocycles. The third kappa shape index (κ3) is 1.86. The van der Waals surface area contributed by atoms with Gasteiger partial charge in [-0.15, -0.1) is 0 Å². The Kier molecular flexibility index (Phi) is 2.47. The van der Waals surface area contributed by atoms with Crippen molar-refractivity contribution in [2.45, 2.75) is 19.3 Å². The zero-order valence-electron chi connectivity index (χ0n) is 9.19. The number of ether oxygens (including phenoxy) is 2. The second-order valence-electron chi connectivity index (χ2n) is 3.95. The molecule has 1 aromatic rings. The fourth-order valence-corrected chi connectivity index (χ4v) is 1.98. The third-order valence-electron chi connectivity index (χ3n) is 2.81. The molecule has 1 N–H and O–H groups in total. The maximum atomic E-state index is 11.8. The molecular formula is C11H12N2O4. The van der Waals surface area contributed by atoms with Crippen LogP contribution in [0.3, 0.4) is 0 Å². The van der Waals surface area contributed by atoms with E-state index >= 15 is 0 Å². The molecule has 0 aromatic carbocycles. The summed E-state index contributed by atoms with van der Waals surface area (Å²) >= 11 is 0. The van der Waals surface area contributed by atoms with E-state index in [4.69, 9.17) is 14.0 Å². The maximum Gasteiger partial charge on any atom is 0.296 e. The van der Waals surface area contributed by atoms with Gasteiger partial charge in [0, 0.05) is 5.56 Å². The lowest BCUT2D eigenvalue weighted by atomic mass is 10.2. The fourth-order valence-electron chi connectivity index (χ4n) is 1.98. The molecule has 0 saturated carbocycles. The summed E-state index contributed by atoms with van der Waals surface area (Å²) in [5.74, 6) is 0.229. The number of aromatic nitrogens is 1. The Morgan fingerprint density at radius 1 is 1.35 bits per heavy atom. The fraction of sp³-hybridized carbons (Fsp3) is 0.455. The summed E-state index contributed by atoms with van der Waals surface area (Å²) in [4.78, 5) is 11.8. The summed E-state index contributed by atoms with van der Waals surface area (Å²) in [6.07, 6.45) is 4.18. The normalized spacial score (nSPS) is 17.8. The van der Waals surface area contributed by atoms with Crippen LogP contribution in [0.25, 0.3) is 0 Å². The molecule has 1 aliphatic heterocycles. The first kappa shape index (κ1) is 10.2. The molecule has 1 amide bonds. The van der Waals surface area contributed by atoms with Crippen LogP contribution < -0.4 is 5.32 Å². The van der Waals surface area contributed by atoms with Crippen molar-refractivity contribution in [3.63, 3.8) is 0 Å². The van der Waals surface area contributed by atoms with Gasteiger partial charge in [0.25, 0.3) is 5.91 Å². The Morgan fingerprint density at radius 3 is 3.12 bits per heavy atom. The average Bonchev–Trinajstić information content (AvgIpc) is 2.95. The van der Waals surface area contributed by atoms with E-state index in [2.05, 4.69) is 10.5 Å². The molecule has 0 atom stereocenters. The van der Waals surface area contributed by atoms with Gasteiger partial charge in [-0.2, -0.15) is 0 Å². The molecule has 0 bridgehead atoms. The molecule has 90 valence electrons. The minimum atomic E-state index is -0.365. The standard InChI is InChI=1S/C11H12N2O4/c14-10(9-6-15-4-5-16-9)12-11-7-2-1-3-8(7)13-17-11/h6H,1-5H2,(H,12,14). The van der Waals surface area contributed by atoms with Gasteiger partial charge in [-0.3, -0.25) is 10.1 Å². The zero-order chi connectivity index (χ0) is 11.7. The highest BCUT2D eigenvalue weighted by Gasteiger charge is 2.24. The van der Waals surface area contributed by atoms with Crippen molar-refractivity contribution in [1.29, 1.82) is 0 Å². The molecule has 1 aromatic heterocycles. The topological polar surface area (TPSA) is 73.6 Å². The van der Waals surface area contributed by atoms with E-state index in [0.717, 1.165) is 30.5 Å². The number of fused-ring (bicyclic) bond motifs is 1. The highest BCUT2D eigenvalue weighted by atomic mass is 16.6. The summed E-state index contributed by atoms with van der Waals surface area (Å²) < 4.78 is 15.3. The van der Waals surface area contributed by atoms with Crippen LogP contribution in [0, 0.1) is 0 Å². The van der Waals surface area contributed by atoms with Crippen LogP contribution in [0.1, 0.15) is 17.7 Å². The van der Waals surface area contributed by atoms with Crippen molar-refractivity contribution in [3.05, 3.63) is 23.3 Å². The minimum absolute atomic E-state index is 0.166. The van der Waals surface area contributed by atoms with Crippen LogP contribution in [0.4, 0.5) is 5.88 Å². The van der Waals surface area contributed by atoms with Crippen LogP contribution in [0.15, 0.2) is 16.5 Å². The number of aryl methyl sites for hydroxylation is 1. The summed E-state index contributed by atoms with van der Waals surface area (Å²) in [6.45, 7) is 0.849. The van der Waals surface area contributed by atoms with Crippen molar-refractivity contribution in [3.8, 4) is 0 Å². The quantitative estimate of drug-likeness (QED) is 0.828. The summed E-state index contributed by atoms with van der Waals surface area (Å²) in [7, 11) is 0. The molecule has 0 spiro atoms. The molecule has 0 radical (unpaired) electrons. The molecule has 6 heteroatoms. The highest BCUT2D eigenvalue weighted by molar-refractivity contribution is 6.01. The van der Waals surface area contributed by atoms with Gasteiger partial charge in [0.05, 0.1) is 5.69 Å². The molecule has 0 saturated heterocycles. The van der Waals surface area contributed by atoms with Crippen LogP contribution in [-0.2, 0) is 27.1 Å². The SMILES string of the molecule is O=C(Nc1onc2c1CCC2)C1=COCCO1. The smallest absolute Gasteiger partial charge is 0.296 e. The molecule has 2 heterocycles. The molecule has 0 fully saturated rings. The third-order valence-corrected chi connectivity index (χ3v) is 2.81. The van der Waals surface area contributed by atoms with E-state index in [1.54, 1.807) is 0 Å². The van der Waals surface area contributed by atoms with E-state index < -0.39 is 0 Å². The Hall–Kier alpha value is -1.98. The van der Waals surface area contributed by atoms with Crippen molar-refractivity contribution in [1.82, 2.24) is 5.16 Å². The molecule has 3 rings (SSSR count). The van der Waals surface area contributed by atoms with Crippen molar-refractivity contribution in [2.75, 3.05) is 18.5 Å². The van der Waals surface area contributed by atoms with E-state index in [9.17, 15) is 4.79 Å². The van der Waals surface area contributed by atoms with Crippen LogP contribution in [0.2, 0.25) is 0 Å². The molecule has 17 heavy (non-hydrogen) atoms. The number of hydrogen-bond acceptors (Lipinski definition) is 5. The second kappa shape index (κ2) is 4.12. The largest absolute Gasteiger partial charge is 0.494 e. The number of carbonyl (C=O) groups is 1. The first-order valence-corrected chi connectivity index (χ1v) is 5.58. The van der Waals surface area contributed by atoms with E-state index in [-0.39, 0.29) is 11.7 Å². The monoisotopic (exact) mass is 236 g/mol. The number of nitrogens with one attached hydrogen (secondary N) is 1. The first-order chi connectivity index (χ1) is 8.34. The van der Waals surface area contributed by atoms with Gasteiger partial charge in [0.2, 0.25) is 11.6 Å². The predicted molar refractivity (Wildman–Crippen MR) is 57.1 cm³/mol. The number of amides is 1. The van der Waals surface area contributed by atoms with Gasteiger partial charge in [0.15, 0.2) is 0 Å². The summed E-state index contributed by atoms with van der Waals surface area (Å²) in [5.41, 5.74) is 1.94. The van der Waals surface area contributed by atoms with Gasteiger partial charge in [0.1, 0.15) is 19.5 Å². The van der Waals surface area contributed by atoms with Gasteiger partial charge in [-0.1, -0.05) is 5.16 Å². The van der Waals surface area contributed by atoms with Gasteiger partial charge in [-0.05, 0) is 19.3 Å². The van der Waals surface area contributed by atoms with Crippen molar-refractivity contribution < 1.29 is 18.8 Å². The van der Waals surface area contributed by atoms with Crippen molar-refractivity contribution >= 4 is 11.8 Å². The lowest BCUT2D eigenvalue weighted by Crippen LogP contribution is -2.21. The molecular weight excluding hydrogens is 224 g/mol. The number of rotatable bonds is 2. The molecule has 6 nitrogen and oxygen atoms in total. The zero-order valence-corrected chi connectivity index (χ0v) is 9.19.